The third-order valence-electron chi connectivity index (χ3n) is 3.35. The summed E-state index contributed by atoms with van der Waals surface area (Å²) in [5.74, 6) is 0. The number of hydrogen-bond donors (Lipinski definition) is 2. The van der Waals surface area contributed by atoms with E-state index in [9.17, 15) is 16.8 Å². The molecule has 0 radical (unpaired) electrons. The molecule has 1 saturated heterocycles. The molecule has 1 fully saturated rings. The molecule has 1 atom stereocenters. The summed E-state index contributed by atoms with van der Waals surface area (Å²) in [6, 6.07) is 2.81. The van der Waals surface area contributed by atoms with Crippen molar-refractivity contribution < 1.29 is 16.8 Å². The second kappa shape index (κ2) is 6.39. The van der Waals surface area contributed by atoms with E-state index in [0.717, 1.165) is 38.3 Å². The van der Waals surface area contributed by atoms with Gasteiger partial charge < -0.3 is 5.32 Å². The first-order valence-electron chi connectivity index (χ1n) is 6.68. The second-order valence-corrected chi connectivity index (χ2v) is 8.81. The molecule has 1 aromatic heterocycles. The van der Waals surface area contributed by atoms with Gasteiger partial charge >= 0.3 is 0 Å². The SMILES string of the molecule is CS(=O)(=O)c1ccc(S(=O)(=O)NCC[C@H]2CCCN2)cn1. The first kappa shape index (κ1) is 16.3. The molecule has 2 rings (SSSR count). The fraction of sp³-hybridized carbons (Fsp3) is 0.583. The fourth-order valence-corrected chi connectivity index (χ4v) is 3.75. The van der Waals surface area contributed by atoms with Gasteiger partial charge in [0.2, 0.25) is 10.0 Å². The maximum Gasteiger partial charge on any atom is 0.242 e. The molecular formula is C12H19N3O4S2. The number of sulfone groups is 1. The van der Waals surface area contributed by atoms with E-state index < -0.39 is 19.9 Å². The van der Waals surface area contributed by atoms with Crippen LogP contribution in [0.4, 0.5) is 0 Å². The molecule has 0 aliphatic carbocycles. The minimum atomic E-state index is -3.65. The van der Waals surface area contributed by atoms with Crippen LogP contribution >= 0.6 is 0 Å². The van der Waals surface area contributed by atoms with E-state index in [1.807, 2.05) is 0 Å². The second-order valence-electron chi connectivity index (χ2n) is 5.08. The average Bonchev–Trinajstić information content (AvgIpc) is 2.91. The molecule has 0 unspecified atom stereocenters. The zero-order valence-corrected chi connectivity index (χ0v) is 13.4. The Morgan fingerprint density at radius 1 is 1.33 bits per heavy atom. The van der Waals surface area contributed by atoms with Gasteiger partial charge in [-0.1, -0.05) is 0 Å². The number of nitrogens with one attached hydrogen (secondary N) is 2. The lowest BCUT2D eigenvalue weighted by Crippen LogP contribution is -2.30. The molecule has 0 saturated carbocycles. The average molecular weight is 333 g/mol. The molecule has 118 valence electrons. The van der Waals surface area contributed by atoms with E-state index in [2.05, 4.69) is 15.0 Å². The summed E-state index contributed by atoms with van der Waals surface area (Å²) < 4.78 is 49.2. The van der Waals surface area contributed by atoms with E-state index in [1.54, 1.807) is 0 Å². The maximum absolute atomic E-state index is 12.0. The summed E-state index contributed by atoms with van der Waals surface area (Å²) >= 11 is 0. The van der Waals surface area contributed by atoms with Crippen molar-refractivity contribution in [3.8, 4) is 0 Å². The predicted molar refractivity (Wildman–Crippen MR) is 78.2 cm³/mol. The van der Waals surface area contributed by atoms with Crippen LogP contribution in [0.2, 0.25) is 0 Å². The number of rotatable bonds is 6. The van der Waals surface area contributed by atoms with Gasteiger partial charge in [0.1, 0.15) is 4.90 Å². The number of aromatic nitrogens is 1. The largest absolute Gasteiger partial charge is 0.314 e. The Kier molecular flexibility index (Phi) is 4.97. The quantitative estimate of drug-likeness (QED) is 0.753. The van der Waals surface area contributed by atoms with Crippen LogP contribution < -0.4 is 10.0 Å². The van der Waals surface area contributed by atoms with Crippen molar-refractivity contribution in [3.63, 3.8) is 0 Å². The van der Waals surface area contributed by atoms with Crippen LogP contribution in [-0.4, -0.2) is 47.2 Å². The highest BCUT2D eigenvalue weighted by Gasteiger charge is 2.18. The third-order valence-corrected chi connectivity index (χ3v) is 5.79. The lowest BCUT2D eigenvalue weighted by atomic mass is 10.2. The Labute approximate surface area is 125 Å². The smallest absolute Gasteiger partial charge is 0.242 e. The third kappa shape index (κ3) is 4.47. The van der Waals surface area contributed by atoms with Crippen LogP contribution in [0.1, 0.15) is 19.3 Å². The highest BCUT2D eigenvalue weighted by atomic mass is 32.2. The van der Waals surface area contributed by atoms with E-state index in [4.69, 9.17) is 0 Å². The Balaban J connectivity index is 1.98. The summed E-state index contributed by atoms with van der Waals surface area (Å²) in [7, 11) is -7.08. The van der Waals surface area contributed by atoms with Gasteiger partial charge in [-0.3, -0.25) is 0 Å². The normalized spacial score (nSPS) is 19.8. The lowest BCUT2D eigenvalue weighted by Gasteiger charge is -2.11. The van der Waals surface area contributed by atoms with Crippen LogP contribution in [0.5, 0.6) is 0 Å². The van der Waals surface area contributed by atoms with E-state index in [0.29, 0.717) is 12.6 Å². The van der Waals surface area contributed by atoms with Crippen LogP contribution in [0.3, 0.4) is 0 Å². The van der Waals surface area contributed by atoms with Crippen molar-refractivity contribution in [1.82, 2.24) is 15.0 Å². The van der Waals surface area contributed by atoms with Crippen molar-refractivity contribution >= 4 is 19.9 Å². The lowest BCUT2D eigenvalue weighted by molar-refractivity contribution is 0.539. The maximum atomic E-state index is 12.0. The van der Waals surface area contributed by atoms with Crippen LogP contribution in [-0.2, 0) is 19.9 Å². The number of sulfonamides is 1. The summed E-state index contributed by atoms with van der Waals surface area (Å²) in [5, 5.41) is 3.15. The molecule has 9 heteroatoms. The molecule has 0 amide bonds. The molecule has 1 aliphatic heterocycles. The first-order valence-corrected chi connectivity index (χ1v) is 10.1. The summed E-state index contributed by atoms with van der Waals surface area (Å²) in [5.41, 5.74) is 0. The molecule has 1 aliphatic rings. The van der Waals surface area contributed by atoms with Gasteiger partial charge in [-0.05, 0) is 37.9 Å². The predicted octanol–water partition coefficient (Wildman–Crippen LogP) is -0.0945. The molecule has 7 nitrogen and oxygen atoms in total. The van der Waals surface area contributed by atoms with Crippen molar-refractivity contribution in [2.75, 3.05) is 19.3 Å². The Bertz CT molecular complexity index is 678. The molecule has 0 bridgehead atoms. The molecule has 0 aromatic carbocycles. The Morgan fingerprint density at radius 3 is 2.62 bits per heavy atom. The summed E-state index contributed by atoms with van der Waals surface area (Å²) in [4.78, 5) is 3.65. The van der Waals surface area contributed by atoms with Gasteiger partial charge in [0, 0.05) is 25.0 Å². The monoisotopic (exact) mass is 333 g/mol. The first-order chi connectivity index (χ1) is 9.79. The molecular weight excluding hydrogens is 314 g/mol. The molecule has 21 heavy (non-hydrogen) atoms. The molecule has 1 aromatic rings. The van der Waals surface area contributed by atoms with Crippen molar-refractivity contribution in [1.29, 1.82) is 0 Å². The highest BCUT2D eigenvalue weighted by Crippen LogP contribution is 2.12. The van der Waals surface area contributed by atoms with Crippen LogP contribution in [0, 0.1) is 0 Å². The van der Waals surface area contributed by atoms with Crippen molar-refractivity contribution in [3.05, 3.63) is 18.3 Å². The number of hydrogen-bond acceptors (Lipinski definition) is 6. The Morgan fingerprint density at radius 2 is 2.10 bits per heavy atom. The van der Waals surface area contributed by atoms with Crippen molar-refractivity contribution in [2.45, 2.75) is 35.2 Å². The minimum absolute atomic E-state index is 0.0331. The van der Waals surface area contributed by atoms with Gasteiger partial charge in [-0.15, -0.1) is 0 Å². The molecule has 2 N–H and O–H groups in total. The zero-order chi connectivity index (χ0) is 15.5. The highest BCUT2D eigenvalue weighted by molar-refractivity contribution is 7.90. The zero-order valence-electron chi connectivity index (χ0n) is 11.7. The van der Waals surface area contributed by atoms with Crippen LogP contribution in [0.25, 0.3) is 0 Å². The van der Waals surface area contributed by atoms with E-state index >= 15 is 0 Å². The number of nitrogens with zero attached hydrogens (tertiary/aromatic N) is 1. The molecule has 0 spiro atoms. The van der Waals surface area contributed by atoms with Gasteiger partial charge in [0.25, 0.3) is 0 Å². The number of pyridine rings is 1. The standard InChI is InChI=1S/C12H19N3O4S2/c1-20(16,17)12-5-4-11(9-14-12)21(18,19)15-8-6-10-3-2-7-13-10/h4-5,9-10,13,15H,2-3,6-8H2,1H3/t10-/m1/s1. The minimum Gasteiger partial charge on any atom is -0.314 e. The van der Waals surface area contributed by atoms with Gasteiger partial charge in [0.15, 0.2) is 14.9 Å². The van der Waals surface area contributed by atoms with Crippen molar-refractivity contribution in [2.24, 2.45) is 0 Å². The fourth-order valence-electron chi connectivity index (χ4n) is 2.20. The van der Waals surface area contributed by atoms with Gasteiger partial charge in [-0.25, -0.2) is 26.5 Å². The molecule has 2 heterocycles. The van der Waals surface area contributed by atoms with E-state index in [1.165, 1.54) is 12.1 Å². The summed E-state index contributed by atoms with van der Waals surface area (Å²) in [6.07, 6.45) is 5.00. The summed E-state index contributed by atoms with van der Waals surface area (Å²) in [6.45, 7) is 1.32. The van der Waals surface area contributed by atoms with Crippen LogP contribution in [0.15, 0.2) is 28.3 Å². The van der Waals surface area contributed by atoms with E-state index in [-0.39, 0.29) is 9.92 Å². The Hall–Kier alpha value is -1.03. The van der Waals surface area contributed by atoms with Gasteiger partial charge in [0.05, 0.1) is 0 Å². The van der Waals surface area contributed by atoms with Gasteiger partial charge in [-0.2, -0.15) is 0 Å². The topological polar surface area (TPSA) is 105 Å².